The van der Waals surface area contributed by atoms with E-state index < -0.39 is 0 Å². The third-order valence-electron chi connectivity index (χ3n) is 4.39. The molecule has 1 aliphatic heterocycles. The van der Waals surface area contributed by atoms with Gasteiger partial charge in [0, 0.05) is 38.6 Å². The first-order valence-electron chi connectivity index (χ1n) is 8.52. The summed E-state index contributed by atoms with van der Waals surface area (Å²) in [5.41, 5.74) is 2.55. The maximum absolute atomic E-state index is 12.6. The number of benzene rings is 1. The molecule has 3 rings (SSSR count). The summed E-state index contributed by atoms with van der Waals surface area (Å²) in [4.78, 5) is 36.6. The predicted octanol–water partition coefficient (Wildman–Crippen LogP) is 1.70. The SMILES string of the molecule is Cc1ccc(CC(=O)N2CCCN(C(=O)c3cnccn3)CC2)cc1. The minimum Gasteiger partial charge on any atom is -0.341 e. The van der Waals surface area contributed by atoms with Gasteiger partial charge in [0.05, 0.1) is 12.6 Å². The van der Waals surface area contributed by atoms with Crippen LogP contribution in [0.25, 0.3) is 0 Å². The fraction of sp³-hybridized carbons (Fsp3) is 0.368. The van der Waals surface area contributed by atoms with Gasteiger partial charge < -0.3 is 9.80 Å². The molecular formula is C19H22N4O2. The van der Waals surface area contributed by atoms with Crippen molar-refractivity contribution in [1.82, 2.24) is 19.8 Å². The molecule has 6 heteroatoms. The van der Waals surface area contributed by atoms with Gasteiger partial charge in [0.25, 0.3) is 5.91 Å². The van der Waals surface area contributed by atoms with Crippen LogP contribution in [0.2, 0.25) is 0 Å². The molecule has 1 saturated heterocycles. The van der Waals surface area contributed by atoms with E-state index in [2.05, 4.69) is 9.97 Å². The first-order chi connectivity index (χ1) is 12.1. The van der Waals surface area contributed by atoms with Crippen molar-refractivity contribution < 1.29 is 9.59 Å². The molecule has 25 heavy (non-hydrogen) atoms. The predicted molar refractivity (Wildman–Crippen MR) is 94.0 cm³/mol. The van der Waals surface area contributed by atoms with E-state index in [4.69, 9.17) is 0 Å². The van der Waals surface area contributed by atoms with Crippen LogP contribution in [0.4, 0.5) is 0 Å². The maximum atomic E-state index is 12.6. The Labute approximate surface area is 147 Å². The molecule has 2 amide bonds. The Balaban J connectivity index is 1.58. The second-order valence-electron chi connectivity index (χ2n) is 6.28. The first-order valence-corrected chi connectivity index (χ1v) is 8.52. The Morgan fingerprint density at radius 3 is 2.44 bits per heavy atom. The molecule has 0 spiro atoms. The van der Waals surface area contributed by atoms with Gasteiger partial charge in [-0.2, -0.15) is 0 Å². The smallest absolute Gasteiger partial charge is 0.274 e. The average Bonchev–Trinajstić information content (AvgIpc) is 2.90. The zero-order chi connectivity index (χ0) is 17.6. The molecule has 0 N–H and O–H groups in total. The van der Waals surface area contributed by atoms with E-state index >= 15 is 0 Å². The van der Waals surface area contributed by atoms with E-state index in [0.717, 1.165) is 12.0 Å². The number of rotatable bonds is 3. The monoisotopic (exact) mass is 338 g/mol. The van der Waals surface area contributed by atoms with Gasteiger partial charge in [-0.25, -0.2) is 4.98 Å². The summed E-state index contributed by atoms with van der Waals surface area (Å²) in [7, 11) is 0. The van der Waals surface area contributed by atoms with Gasteiger partial charge in [-0.3, -0.25) is 14.6 Å². The molecule has 0 saturated carbocycles. The minimum atomic E-state index is -0.124. The summed E-state index contributed by atoms with van der Waals surface area (Å²) in [6, 6.07) is 8.03. The second-order valence-corrected chi connectivity index (χ2v) is 6.28. The standard InChI is InChI=1S/C19H22N4O2/c1-15-3-5-16(6-4-15)13-18(24)22-9-2-10-23(12-11-22)19(25)17-14-20-7-8-21-17/h3-8,14H,2,9-13H2,1H3. The second kappa shape index (κ2) is 7.88. The van der Waals surface area contributed by atoms with Crippen LogP contribution < -0.4 is 0 Å². The summed E-state index contributed by atoms with van der Waals surface area (Å²) in [6.45, 7) is 4.41. The fourth-order valence-electron chi connectivity index (χ4n) is 2.93. The topological polar surface area (TPSA) is 66.4 Å². The number of hydrogen-bond donors (Lipinski definition) is 0. The van der Waals surface area contributed by atoms with E-state index in [1.807, 2.05) is 36.1 Å². The Morgan fingerprint density at radius 1 is 1.00 bits per heavy atom. The number of nitrogens with zero attached hydrogens (tertiary/aromatic N) is 4. The molecule has 1 fully saturated rings. The molecule has 0 unspecified atom stereocenters. The molecule has 0 atom stereocenters. The lowest BCUT2D eigenvalue weighted by Gasteiger charge is -2.22. The highest BCUT2D eigenvalue weighted by Crippen LogP contribution is 2.10. The highest BCUT2D eigenvalue weighted by Gasteiger charge is 2.23. The number of carbonyl (C=O) groups is 2. The quantitative estimate of drug-likeness (QED) is 0.854. The van der Waals surface area contributed by atoms with Crippen LogP contribution in [0, 0.1) is 6.92 Å². The molecule has 1 aromatic carbocycles. The van der Waals surface area contributed by atoms with Crippen LogP contribution in [0.1, 0.15) is 28.0 Å². The van der Waals surface area contributed by atoms with Crippen LogP contribution >= 0.6 is 0 Å². The molecule has 1 aromatic heterocycles. The Hall–Kier alpha value is -2.76. The van der Waals surface area contributed by atoms with Crippen LogP contribution in [0.3, 0.4) is 0 Å². The van der Waals surface area contributed by atoms with E-state index in [1.54, 1.807) is 11.1 Å². The highest BCUT2D eigenvalue weighted by atomic mass is 16.2. The Kier molecular flexibility index (Phi) is 5.38. The third-order valence-corrected chi connectivity index (χ3v) is 4.39. The van der Waals surface area contributed by atoms with Crippen molar-refractivity contribution >= 4 is 11.8 Å². The van der Waals surface area contributed by atoms with Gasteiger partial charge >= 0.3 is 0 Å². The molecule has 0 radical (unpaired) electrons. The fourth-order valence-corrected chi connectivity index (χ4v) is 2.93. The highest BCUT2D eigenvalue weighted by molar-refractivity contribution is 5.92. The molecular weight excluding hydrogens is 316 g/mol. The van der Waals surface area contributed by atoms with Crippen molar-refractivity contribution in [3.05, 3.63) is 59.7 Å². The van der Waals surface area contributed by atoms with Crippen LogP contribution in [-0.2, 0) is 11.2 Å². The van der Waals surface area contributed by atoms with Crippen LogP contribution in [0.5, 0.6) is 0 Å². The minimum absolute atomic E-state index is 0.109. The lowest BCUT2D eigenvalue weighted by Crippen LogP contribution is -2.38. The summed E-state index contributed by atoms with van der Waals surface area (Å²) < 4.78 is 0. The largest absolute Gasteiger partial charge is 0.341 e. The van der Waals surface area contributed by atoms with Gasteiger partial charge in [0.1, 0.15) is 5.69 Å². The molecule has 2 aromatic rings. The van der Waals surface area contributed by atoms with Crippen LogP contribution in [0.15, 0.2) is 42.9 Å². The van der Waals surface area contributed by atoms with Crippen molar-refractivity contribution in [2.75, 3.05) is 26.2 Å². The summed E-state index contributed by atoms with van der Waals surface area (Å²) in [6.07, 6.45) is 5.71. The average molecular weight is 338 g/mol. The lowest BCUT2D eigenvalue weighted by atomic mass is 10.1. The molecule has 0 bridgehead atoms. The maximum Gasteiger partial charge on any atom is 0.274 e. The van der Waals surface area contributed by atoms with Crippen molar-refractivity contribution in [1.29, 1.82) is 0 Å². The van der Waals surface area contributed by atoms with E-state index in [-0.39, 0.29) is 11.8 Å². The van der Waals surface area contributed by atoms with Crippen molar-refractivity contribution in [2.45, 2.75) is 19.8 Å². The van der Waals surface area contributed by atoms with Crippen molar-refractivity contribution in [3.63, 3.8) is 0 Å². The first kappa shape index (κ1) is 17.1. The molecule has 1 aliphatic rings. The number of hydrogen-bond acceptors (Lipinski definition) is 4. The number of aryl methyl sites for hydroxylation is 1. The van der Waals surface area contributed by atoms with E-state index in [1.165, 1.54) is 18.0 Å². The third kappa shape index (κ3) is 4.41. The molecule has 130 valence electrons. The van der Waals surface area contributed by atoms with E-state index in [9.17, 15) is 9.59 Å². The summed E-state index contributed by atoms with van der Waals surface area (Å²) in [5.74, 6) is -0.0152. The number of amides is 2. The van der Waals surface area contributed by atoms with Gasteiger partial charge in [0.15, 0.2) is 0 Å². The number of carbonyl (C=O) groups excluding carboxylic acids is 2. The van der Waals surface area contributed by atoms with Crippen molar-refractivity contribution in [2.24, 2.45) is 0 Å². The molecule has 6 nitrogen and oxygen atoms in total. The Bertz CT molecular complexity index is 731. The van der Waals surface area contributed by atoms with Crippen molar-refractivity contribution in [3.8, 4) is 0 Å². The van der Waals surface area contributed by atoms with Gasteiger partial charge in [0.2, 0.25) is 5.91 Å². The van der Waals surface area contributed by atoms with Gasteiger partial charge in [-0.15, -0.1) is 0 Å². The molecule has 0 aliphatic carbocycles. The molecule has 2 heterocycles. The number of aromatic nitrogens is 2. The van der Waals surface area contributed by atoms with Gasteiger partial charge in [-0.1, -0.05) is 29.8 Å². The Morgan fingerprint density at radius 2 is 1.72 bits per heavy atom. The zero-order valence-electron chi connectivity index (χ0n) is 14.4. The normalized spacial score (nSPS) is 14.9. The van der Waals surface area contributed by atoms with Gasteiger partial charge in [-0.05, 0) is 18.9 Å². The summed E-state index contributed by atoms with van der Waals surface area (Å²) >= 11 is 0. The summed E-state index contributed by atoms with van der Waals surface area (Å²) in [5, 5.41) is 0. The van der Waals surface area contributed by atoms with E-state index in [0.29, 0.717) is 38.3 Å². The van der Waals surface area contributed by atoms with Crippen LogP contribution in [-0.4, -0.2) is 57.8 Å². The lowest BCUT2D eigenvalue weighted by molar-refractivity contribution is -0.130. The zero-order valence-corrected chi connectivity index (χ0v) is 14.4.